The molecule has 0 atom stereocenters. The van der Waals surface area contributed by atoms with Crippen LogP contribution in [0.3, 0.4) is 0 Å². The lowest BCUT2D eigenvalue weighted by Crippen LogP contribution is -2.28. The van der Waals surface area contributed by atoms with E-state index in [2.05, 4.69) is 15.2 Å². The molecular formula is C22H21N3O3S. The van der Waals surface area contributed by atoms with E-state index < -0.39 is 0 Å². The van der Waals surface area contributed by atoms with Crippen molar-refractivity contribution in [1.29, 1.82) is 0 Å². The molecule has 0 radical (unpaired) electrons. The molecule has 148 valence electrons. The molecular weight excluding hydrogens is 386 g/mol. The van der Waals surface area contributed by atoms with Gasteiger partial charge in [0.2, 0.25) is 0 Å². The van der Waals surface area contributed by atoms with E-state index >= 15 is 0 Å². The number of amides is 1. The number of esters is 1. The Morgan fingerprint density at radius 2 is 1.93 bits per heavy atom. The molecule has 2 aliphatic rings. The third-order valence-corrected chi connectivity index (χ3v) is 6.13. The van der Waals surface area contributed by atoms with Gasteiger partial charge >= 0.3 is 5.97 Å². The molecule has 2 heterocycles. The van der Waals surface area contributed by atoms with E-state index in [-0.39, 0.29) is 11.9 Å². The molecule has 0 saturated carbocycles. The number of nitrogens with one attached hydrogen (secondary N) is 1. The number of ether oxygens (including phenoxy) is 1. The Morgan fingerprint density at radius 3 is 2.66 bits per heavy atom. The van der Waals surface area contributed by atoms with Crippen molar-refractivity contribution >= 4 is 34.5 Å². The molecule has 0 fully saturated rings. The summed E-state index contributed by atoms with van der Waals surface area (Å²) in [6, 6.07) is 14.8. The number of carbonyl (C=O) groups excluding carboxylic acids is 2. The maximum atomic E-state index is 12.8. The van der Waals surface area contributed by atoms with E-state index in [0.717, 1.165) is 47.2 Å². The summed E-state index contributed by atoms with van der Waals surface area (Å²) in [6.07, 6.45) is 1.01. The van der Waals surface area contributed by atoms with Gasteiger partial charge < -0.3 is 15.0 Å². The minimum atomic E-state index is -0.365. The third kappa shape index (κ3) is 3.91. The predicted octanol–water partition coefficient (Wildman–Crippen LogP) is 4.12. The summed E-state index contributed by atoms with van der Waals surface area (Å²) < 4.78 is 4.73. The standard InChI is InChI=1S/C22H21N3O3S/c1-14-19(29-22-23-11-4-12-25(14)22)20(26)24-18-6-3-5-17(13-18)15-7-9-16(10-8-15)21(27)28-2/h3,5-10,13H,4,11-12H2,1-2H3,(H,24,26). The monoisotopic (exact) mass is 407 g/mol. The lowest BCUT2D eigenvalue weighted by atomic mass is 10.0. The topological polar surface area (TPSA) is 71.0 Å². The first-order valence-electron chi connectivity index (χ1n) is 9.37. The van der Waals surface area contributed by atoms with Crippen LogP contribution in [0.15, 0.2) is 64.1 Å². The molecule has 2 aromatic rings. The Bertz CT molecular complexity index is 1030. The van der Waals surface area contributed by atoms with Gasteiger partial charge in [-0.1, -0.05) is 24.3 Å². The van der Waals surface area contributed by atoms with Crippen LogP contribution in [-0.2, 0) is 9.53 Å². The van der Waals surface area contributed by atoms with Crippen LogP contribution in [0.2, 0.25) is 0 Å². The third-order valence-electron chi connectivity index (χ3n) is 4.91. The molecule has 6 nitrogen and oxygen atoms in total. The number of allylic oxidation sites excluding steroid dienone is 1. The lowest BCUT2D eigenvalue weighted by Gasteiger charge is -2.23. The first-order valence-corrected chi connectivity index (χ1v) is 10.2. The summed E-state index contributed by atoms with van der Waals surface area (Å²) in [6.45, 7) is 3.69. The van der Waals surface area contributed by atoms with Crippen molar-refractivity contribution in [3.05, 3.63) is 64.7 Å². The zero-order valence-electron chi connectivity index (χ0n) is 16.3. The van der Waals surface area contributed by atoms with Gasteiger partial charge in [-0.3, -0.25) is 9.79 Å². The molecule has 4 rings (SSSR count). The average Bonchev–Trinajstić information content (AvgIpc) is 3.10. The van der Waals surface area contributed by atoms with Crippen LogP contribution in [0, 0.1) is 0 Å². The van der Waals surface area contributed by atoms with Crippen molar-refractivity contribution in [1.82, 2.24) is 4.90 Å². The fourth-order valence-electron chi connectivity index (χ4n) is 3.36. The summed E-state index contributed by atoms with van der Waals surface area (Å²) in [5.41, 5.74) is 4.08. The van der Waals surface area contributed by atoms with Crippen LogP contribution >= 0.6 is 11.8 Å². The number of amidine groups is 1. The summed E-state index contributed by atoms with van der Waals surface area (Å²) >= 11 is 1.44. The highest BCUT2D eigenvalue weighted by Gasteiger charge is 2.31. The van der Waals surface area contributed by atoms with Gasteiger partial charge in [-0.15, -0.1) is 0 Å². The first-order chi connectivity index (χ1) is 14.1. The quantitative estimate of drug-likeness (QED) is 0.772. The molecule has 0 unspecified atom stereocenters. The SMILES string of the molecule is COC(=O)c1ccc(-c2cccc(NC(=O)C3=C(C)N4CCCN=C4S3)c2)cc1. The van der Waals surface area contributed by atoms with Crippen LogP contribution in [-0.4, -0.2) is 42.1 Å². The Hall–Kier alpha value is -3.06. The summed E-state index contributed by atoms with van der Waals surface area (Å²) in [5.74, 6) is -0.487. The fraction of sp³-hybridized carbons (Fsp3) is 0.227. The molecule has 2 aromatic carbocycles. The van der Waals surface area contributed by atoms with Gasteiger partial charge in [0.1, 0.15) is 0 Å². The van der Waals surface area contributed by atoms with Crippen molar-refractivity contribution in [3.63, 3.8) is 0 Å². The molecule has 1 amide bonds. The number of carbonyl (C=O) groups is 2. The second-order valence-corrected chi connectivity index (χ2v) is 7.77. The number of nitrogens with zero attached hydrogens (tertiary/aromatic N) is 2. The molecule has 7 heteroatoms. The molecule has 0 aromatic heterocycles. The van der Waals surface area contributed by atoms with Gasteiger partial charge in [0.05, 0.1) is 17.6 Å². The number of hydrogen-bond acceptors (Lipinski definition) is 6. The molecule has 1 N–H and O–H groups in total. The van der Waals surface area contributed by atoms with Gasteiger partial charge in [0.15, 0.2) is 5.17 Å². The number of aliphatic imine (C=N–C) groups is 1. The number of fused-ring (bicyclic) bond motifs is 1. The number of methoxy groups -OCH3 is 1. The van der Waals surface area contributed by atoms with Crippen molar-refractivity contribution in [3.8, 4) is 11.1 Å². The summed E-state index contributed by atoms with van der Waals surface area (Å²) in [5, 5.41) is 3.91. The summed E-state index contributed by atoms with van der Waals surface area (Å²) in [7, 11) is 1.36. The zero-order valence-corrected chi connectivity index (χ0v) is 17.1. The van der Waals surface area contributed by atoms with E-state index in [4.69, 9.17) is 4.74 Å². The highest BCUT2D eigenvalue weighted by atomic mass is 32.2. The van der Waals surface area contributed by atoms with Gasteiger partial charge in [-0.2, -0.15) is 0 Å². The van der Waals surface area contributed by atoms with Crippen molar-refractivity contribution in [2.75, 3.05) is 25.5 Å². The van der Waals surface area contributed by atoms with Crippen LogP contribution in [0.1, 0.15) is 23.7 Å². The first kappa shape index (κ1) is 19.3. The Balaban J connectivity index is 1.51. The maximum Gasteiger partial charge on any atom is 0.337 e. The van der Waals surface area contributed by atoms with E-state index in [1.54, 1.807) is 12.1 Å². The highest BCUT2D eigenvalue weighted by Crippen LogP contribution is 2.36. The van der Waals surface area contributed by atoms with Crippen LogP contribution in [0.4, 0.5) is 5.69 Å². The smallest absolute Gasteiger partial charge is 0.337 e. The molecule has 2 aliphatic heterocycles. The molecule has 0 saturated heterocycles. The van der Waals surface area contributed by atoms with Crippen molar-refractivity contribution in [2.45, 2.75) is 13.3 Å². The van der Waals surface area contributed by atoms with Gasteiger partial charge in [-0.25, -0.2) is 4.79 Å². The number of rotatable bonds is 4. The number of hydrogen-bond donors (Lipinski definition) is 1. The largest absolute Gasteiger partial charge is 0.465 e. The average molecular weight is 407 g/mol. The van der Waals surface area contributed by atoms with Gasteiger partial charge in [0, 0.05) is 24.5 Å². The fourth-order valence-corrected chi connectivity index (χ4v) is 4.44. The normalized spacial score (nSPS) is 15.7. The molecule has 29 heavy (non-hydrogen) atoms. The van der Waals surface area contributed by atoms with Gasteiger partial charge in [0.25, 0.3) is 5.91 Å². The van der Waals surface area contributed by atoms with Crippen LogP contribution in [0.25, 0.3) is 11.1 Å². The Morgan fingerprint density at radius 1 is 1.14 bits per heavy atom. The van der Waals surface area contributed by atoms with Crippen molar-refractivity contribution < 1.29 is 14.3 Å². The predicted molar refractivity (Wildman–Crippen MR) is 116 cm³/mol. The Labute approximate surface area is 173 Å². The minimum Gasteiger partial charge on any atom is -0.465 e. The van der Waals surface area contributed by atoms with E-state index in [1.807, 2.05) is 43.3 Å². The summed E-state index contributed by atoms with van der Waals surface area (Å²) in [4.78, 5) is 31.8. The lowest BCUT2D eigenvalue weighted by molar-refractivity contribution is -0.112. The second kappa shape index (κ2) is 8.13. The van der Waals surface area contributed by atoms with E-state index in [1.165, 1.54) is 18.9 Å². The van der Waals surface area contributed by atoms with Crippen LogP contribution < -0.4 is 5.32 Å². The molecule has 0 spiro atoms. The van der Waals surface area contributed by atoms with E-state index in [9.17, 15) is 9.59 Å². The number of anilines is 1. The zero-order chi connectivity index (χ0) is 20.4. The number of thioether (sulfide) groups is 1. The number of benzene rings is 2. The minimum absolute atomic E-state index is 0.122. The molecule has 0 bridgehead atoms. The maximum absolute atomic E-state index is 12.8. The van der Waals surface area contributed by atoms with E-state index in [0.29, 0.717) is 10.5 Å². The molecule has 0 aliphatic carbocycles. The second-order valence-electron chi connectivity index (χ2n) is 6.79. The van der Waals surface area contributed by atoms with Gasteiger partial charge in [-0.05, 0) is 60.5 Å². The Kier molecular flexibility index (Phi) is 5.40. The van der Waals surface area contributed by atoms with Crippen LogP contribution in [0.5, 0.6) is 0 Å². The highest BCUT2D eigenvalue weighted by molar-refractivity contribution is 8.18. The van der Waals surface area contributed by atoms with Crippen molar-refractivity contribution in [2.24, 2.45) is 4.99 Å².